The van der Waals surface area contributed by atoms with Crippen molar-refractivity contribution in [3.05, 3.63) is 76.9 Å². The number of methoxy groups -OCH3 is 2. The van der Waals surface area contributed by atoms with Crippen LogP contribution in [0.2, 0.25) is 5.02 Å². The monoisotopic (exact) mass is 549 g/mol. The van der Waals surface area contributed by atoms with Crippen molar-refractivity contribution in [2.45, 2.75) is 6.54 Å². The molecule has 4 aromatic rings. The topological polar surface area (TPSA) is 123 Å². The van der Waals surface area contributed by atoms with Gasteiger partial charge in [-0.2, -0.15) is 4.98 Å². The molecule has 2 N–H and O–H groups in total. The van der Waals surface area contributed by atoms with Gasteiger partial charge in [0.05, 0.1) is 37.6 Å². The number of halogens is 1. The van der Waals surface area contributed by atoms with Crippen LogP contribution in [0.5, 0.6) is 17.5 Å². The summed E-state index contributed by atoms with van der Waals surface area (Å²) < 4.78 is 11.8. The summed E-state index contributed by atoms with van der Waals surface area (Å²) in [5.41, 5.74) is 2.12. The first-order valence-corrected chi connectivity index (χ1v) is 12.4. The third-order valence-corrected chi connectivity index (χ3v) is 7.12. The molecule has 2 aromatic heterocycles. The number of allylic oxidation sites excluding steroid dienone is 3. The highest BCUT2D eigenvalue weighted by Gasteiger charge is 2.25. The number of hydrogen-bond donors (Lipinski definition) is 2. The molecule has 0 aliphatic heterocycles. The van der Waals surface area contributed by atoms with Crippen LogP contribution in [0, 0.1) is 0 Å². The van der Waals surface area contributed by atoms with Crippen LogP contribution in [-0.2, 0) is 20.9 Å². The van der Waals surface area contributed by atoms with Crippen LogP contribution in [0.15, 0.2) is 71.3 Å². The van der Waals surface area contributed by atoms with Crippen molar-refractivity contribution in [3.8, 4) is 28.0 Å². The highest BCUT2D eigenvalue weighted by molar-refractivity contribution is 7.19. The van der Waals surface area contributed by atoms with E-state index in [1.165, 1.54) is 25.3 Å². The van der Waals surface area contributed by atoms with E-state index in [2.05, 4.69) is 14.7 Å². The Balaban J connectivity index is 1.61. The number of aromatic nitrogens is 2. The van der Waals surface area contributed by atoms with Crippen LogP contribution < -0.4 is 4.74 Å². The standard InChI is InChI=1S/C27H20ClN3O6S/c1-36-17-8-9-20-18(12-17)22(25(34)31(20)13-14-3-5-15(28)6-4-14)23-24(33)30-27(38-23)29-16-7-10-21(32)19(11-16)26(35)37-2/h3-12,33-34H,13H2,1-2H3/b29-16-. The summed E-state index contributed by atoms with van der Waals surface area (Å²) >= 11 is 7.07. The van der Waals surface area contributed by atoms with Crippen LogP contribution in [0.1, 0.15) is 5.56 Å². The van der Waals surface area contributed by atoms with E-state index in [0.717, 1.165) is 16.9 Å². The first-order valence-electron chi connectivity index (χ1n) is 11.2. The van der Waals surface area contributed by atoms with E-state index >= 15 is 0 Å². The van der Waals surface area contributed by atoms with Gasteiger partial charge in [-0.25, -0.2) is 9.79 Å². The van der Waals surface area contributed by atoms with Gasteiger partial charge >= 0.3 is 5.97 Å². The number of benzene rings is 2. The maximum atomic E-state index is 12.0. The lowest BCUT2D eigenvalue weighted by molar-refractivity contribution is -0.137. The lowest BCUT2D eigenvalue weighted by atomic mass is 10.0. The normalized spacial score (nSPS) is 14.2. The fourth-order valence-corrected chi connectivity index (χ4v) is 5.11. The fraction of sp³-hybridized carbons (Fsp3) is 0.111. The SMILES string of the molecule is COC(=O)C1=C/C(=N\c2nc(O)c(-c3c(O)n(Cc4ccc(Cl)cc4)c4ccc(OC)cc34)s2)C=CC1=O. The van der Waals surface area contributed by atoms with Crippen LogP contribution in [0.25, 0.3) is 21.3 Å². The van der Waals surface area contributed by atoms with Crippen molar-refractivity contribution in [3.63, 3.8) is 0 Å². The van der Waals surface area contributed by atoms with Gasteiger partial charge in [0.1, 0.15) is 16.2 Å². The quantitative estimate of drug-likeness (QED) is 0.192. The van der Waals surface area contributed by atoms with E-state index in [4.69, 9.17) is 16.3 Å². The van der Waals surface area contributed by atoms with Gasteiger partial charge in [-0.05, 0) is 54.1 Å². The van der Waals surface area contributed by atoms with Gasteiger partial charge in [-0.3, -0.25) is 4.79 Å². The first kappa shape index (κ1) is 25.2. The molecule has 0 fully saturated rings. The summed E-state index contributed by atoms with van der Waals surface area (Å²) in [5.74, 6) is -1.10. The average molecular weight is 550 g/mol. The smallest absolute Gasteiger partial charge is 0.341 e. The average Bonchev–Trinajstić information content (AvgIpc) is 3.40. The fourth-order valence-electron chi connectivity index (χ4n) is 4.08. The highest BCUT2D eigenvalue weighted by atomic mass is 35.5. The van der Waals surface area contributed by atoms with Gasteiger partial charge < -0.3 is 24.3 Å². The number of esters is 1. The van der Waals surface area contributed by atoms with E-state index in [9.17, 15) is 19.8 Å². The number of aromatic hydroxyl groups is 2. The molecule has 1 aliphatic rings. The van der Waals surface area contributed by atoms with Crippen molar-refractivity contribution >= 4 is 56.4 Å². The van der Waals surface area contributed by atoms with Gasteiger partial charge in [-0.1, -0.05) is 35.1 Å². The minimum absolute atomic E-state index is 0.0719. The Morgan fingerprint density at radius 3 is 2.61 bits per heavy atom. The lowest BCUT2D eigenvalue weighted by Crippen LogP contribution is -2.17. The number of hydrogen-bond acceptors (Lipinski definition) is 9. The van der Waals surface area contributed by atoms with Crippen molar-refractivity contribution in [1.29, 1.82) is 0 Å². The maximum absolute atomic E-state index is 12.0. The molecule has 5 rings (SSSR count). The summed E-state index contributed by atoms with van der Waals surface area (Å²) in [7, 11) is 2.73. The van der Waals surface area contributed by atoms with E-state index < -0.39 is 11.8 Å². The Kier molecular flexibility index (Phi) is 6.75. The molecule has 11 heteroatoms. The minimum atomic E-state index is -0.776. The Hall–Kier alpha value is -4.41. The van der Waals surface area contributed by atoms with E-state index in [0.29, 0.717) is 38.7 Å². The zero-order chi connectivity index (χ0) is 27.0. The van der Waals surface area contributed by atoms with Crippen molar-refractivity contribution in [2.75, 3.05) is 14.2 Å². The predicted octanol–water partition coefficient (Wildman–Crippen LogP) is 5.20. The van der Waals surface area contributed by atoms with Gasteiger partial charge in [0.2, 0.25) is 16.9 Å². The Labute approximate surface area is 225 Å². The number of nitrogens with zero attached hydrogens (tertiary/aromatic N) is 3. The number of carbonyl (C=O) groups is 2. The van der Waals surface area contributed by atoms with Gasteiger partial charge in [0.15, 0.2) is 5.78 Å². The number of ketones is 1. The van der Waals surface area contributed by atoms with Gasteiger partial charge in [0.25, 0.3) is 0 Å². The molecule has 1 aliphatic carbocycles. The molecule has 0 radical (unpaired) electrons. The van der Waals surface area contributed by atoms with Crippen LogP contribution in [0.3, 0.4) is 0 Å². The molecule has 0 saturated carbocycles. The largest absolute Gasteiger partial charge is 0.497 e. The summed E-state index contributed by atoms with van der Waals surface area (Å²) in [6, 6.07) is 12.7. The predicted molar refractivity (Wildman–Crippen MR) is 145 cm³/mol. The minimum Gasteiger partial charge on any atom is -0.497 e. The third-order valence-electron chi connectivity index (χ3n) is 5.92. The number of fused-ring (bicyclic) bond motifs is 1. The molecule has 38 heavy (non-hydrogen) atoms. The number of ether oxygens (including phenoxy) is 2. The molecule has 0 amide bonds. The van der Waals surface area contributed by atoms with Crippen molar-refractivity contribution in [1.82, 2.24) is 9.55 Å². The van der Waals surface area contributed by atoms with E-state index in [1.54, 1.807) is 35.9 Å². The molecule has 192 valence electrons. The number of aliphatic imine (C=N–C) groups is 1. The summed E-state index contributed by atoms with van der Waals surface area (Å²) in [6.07, 6.45) is 3.95. The second-order valence-electron chi connectivity index (χ2n) is 8.23. The molecule has 0 bridgehead atoms. The third kappa shape index (κ3) is 4.67. The van der Waals surface area contributed by atoms with Gasteiger partial charge in [0, 0.05) is 10.4 Å². The van der Waals surface area contributed by atoms with Crippen LogP contribution in [-0.4, -0.2) is 51.4 Å². The zero-order valence-corrected chi connectivity index (χ0v) is 21.7. The highest BCUT2D eigenvalue weighted by Crippen LogP contribution is 2.48. The maximum Gasteiger partial charge on any atom is 0.341 e. The molecular weight excluding hydrogens is 530 g/mol. The molecule has 9 nitrogen and oxygen atoms in total. The van der Waals surface area contributed by atoms with E-state index in [1.807, 2.05) is 18.2 Å². The molecule has 0 atom stereocenters. The Bertz CT molecular complexity index is 1680. The van der Waals surface area contributed by atoms with Crippen LogP contribution >= 0.6 is 22.9 Å². The number of rotatable bonds is 6. The Morgan fingerprint density at radius 1 is 1.13 bits per heavy atom. The summed E-state index contributed by atoms with van der Waals surface area (Å²) in [6.45, 7) is 0.348. The lowest BCUT2D eigenvalue weighted by Gasteiger charge is -2.08. The number of thiazole rings is 1. The van der Waals surface area contributed by atoms with Crippen LogP contribution in [0.4, 0.5) is 5.13 Å². The van der Waals surface area contributed by atoms with E-state index in [-0.39, 0.29) is 28.2 Å². The van der Waals surface area contributed by atoms with Crippen molar-refractivity contribution < 1.29 is 29.3 Å². The Morgan fingerprint density at radius 2 is 1.89 bits per heavy atom. The second kappa shape index (κ2) is 10.2. The molecule has 0 saturated heterocycles. The van der Waals surface area contributed by atoms with Crippen molar-refractivity contribution in [2.24, 2.45) is 4.99 Å². The second-order valence-corrected chi connectivity index (χ2v) is 9.64. The molecule has 2 aromatic carbocycles. The molecular formula is C27H20ClN3O6S. The summed E-state index contributed by atoms with van der Waals surface area (Å²) in [4.78, 5) is 32.7. The zero-order valence-electron chi connectivity index (χ0n) is 20.1. The molecule has 0 spiro atoms. The molecule has 2 heterocycles. The summed E-state index contributed by atoms with van der Waals surface area (Å²) in [5, 5.41) is 23.6. The van der Waals surface area contributed by atoms with Gasteiger partial charge in [-0.15, -0.1) is 0 Å². The first-order chi connectivity index (χ1) is 18.3. The molecule has 0 unspecified atom stereocenters. The number of carbonyl (C=O) groups excluding carboxylic acids is 2.